The van der Waals surface area contributed by atoms with Gasteiger partial charge in [-0.05, 0) is 36.8 Å². The summed E-state index contributed by atoms with van der Waals surface area (Å²) in [4.78, 5) is 9.89. The number of imidazole rings is 1. The van der Waals surface area contributed by atoms with Crippen LogP contribution in [0.25, 0.3) is 5.78 Å². The largest absolute Gasteiger partial charge is 0.399 e. The van der Waals surface area contributed by atoms with Crippen LogP contribution in [0.3, 0.4) is 0 Å². The van der Waals surface area contributed by atoms with Crippen molar-refractivity contribution in [1.82, 2.24) is 14.4 Å². The summed E-state index contributed by atoms with van der Waals surface area (Å²) in [6.45, 7) is 2.02. The number of rotatable bonds is 3. The predicted octanol–water partition coefficient (Wildman–Crippen LogP) is 2.91. The number of hydrogen-bond acceptors (Lipinski definition) is 4. The van der Waals surface area contributed by atoms with Gasteiger partial charge in [0.25, 0.3) is 0 Å². The van der Waals surface area contributed by atoms with Gasteiger partial charge in [-0.25, -0.2) is 9.97 Å². The van der Waals surface area contributed by atoms with Crippen LogP contribution in [-0.4, -0.2) is 14.4 Å². The van der Waals surface area contributed by atoms with Crippen molar-refractivity contribution in [2.45, 2.75) is 17.6 Å². The second-order valence-electron chi connectivity index (χ2n) is 4.37. The maximum atomic E-state index is 5.81. The third-order valence-electron chi connectivity index (χ3n) is 2.91. The molecule has 0 unspecified atom stereocenters. The monoisotopic (exact) mass is 270 g/mol. The number of hydrogen-bond donors (Lipinski definition) is 1. The Bertz CT molecular complexity index is 687. The molecule has 0 saturated heterocycles. The van der Waals surface area contributed by atoms with Gasteiger partial charge >= 0.3 is 0 Å². The molecule has 0 amide bonds. The van der Waals surface area contributed by atoms with Crippen molar-refractivity contribution in [2.24, 2.45) is 0 Å². The van der Waals surface area contributed by atoms with Gasteiger partial charge < -0.3 is 5.73 Å². The number of thioether (sulfide) groups is 1. The Balaban J connectivity index is 1.76. The zero-order chi connectivity index (χ0) is 13.2. The lowest BCUT2D eigenvalue weighted by Crippen LogP contribution is -1.89. The van der Waals surface area contributed by atoms with E-state index in [0.717, 1.165) is 28.5 Å². The van der Waals surface area contributed by atoms with E-state index in [1.165, 1.54) is 4.90 Å². The standard InChI is InChI=1S/C14H14N4S/c1-10-7-12(3-4-13(10)15)19-9-11-8-18-6-2-5-16-14(18)17-11/h2-8H,9,15H2,1H3. The van der Waals surface area contributed by atoms with Crippen molar-refractivity contribution in [2.75, 3.05) is 5.73 Å². The smallest absolute Gasteiger partial charge is 0.233 e. The minimum Gasteiger partial charge on any atom is -0.399 e. The first-order valence-electron chi connectivity index (χ1n) is 6.00. The van der Waals surface area contributed by atoms with Crippen LogP contribution in [-0.2, 0) is 5.75 Å². The fourth-order valence-corrected chi connectivity index (χ4v) is 2.72. The zero-order valence-corrected chi connectivity index (χ0v) is 11.4. The lowest BCUT2D eigenvalue weighted by Gasteiger charge is -2.03. The highest BCUT2D eigenvalue weighted by molar-refractivity contribution is 7.98. The van der Waals surface area contributed by atoms with E-state index in [-0.39, 0.29) is 0 Å². The van der Waals surface area contributed by atoms with E-state index < -0.39 is 0 Å². The third kappa shape index (κ3) is 2.56. The van der Waals surface area contributed by atoms with E-state index in [0.29, 0.717) is 0 Å². The van der Waals surface area contributed by atoms with Gasteiger partial charge in [0.2, 0.25) is 5.78 Å². The van der Waals surface area contributed by atoms with Crippen LogP contribution in [0.4, 0.5) is 5.69 Å². The summed E-state index contributed by atoms with van der Waals surface area (Å²) in [7, 11) is 0. The molecule has 0 spiro atoms. The van der Waals surface area contributed by atoms with Crippen LogP contribution >= 0.6 is 11.8 Å². The number of aromatic nitrogens is 3. The molecule has 0 aliphatic rings. The molecule has 3 rings (SSSR count). The molecule has 96 valence electrons. The second-order valence-corrected chi connectivity index (χ2v) is 5.42. The van der Waals surface area contributed by atoms with E-state index in [2.05, 4.69) is 16.0 Å². The second kappa shape index (κ2) is 4.93. The van der Waals surface area contributed by atoms with E-state index >= 15 is 0 Å². The molecular weight excluding hydrogens is 256 g/mol. The van der Waals surface area contributed by atoms with Gasteiger partial charge in [-0.3, -0.25) is 4.40 Å². The average molecular weight is 270 g/mol. The van der Waals surface area contributed by atoms with Crippen molar-refractivity contribution in [3.63, 3.8) is 0 Å². The fraction of sp³-hybridized carbons (Fsp3) is 0.143. The van der Waals surface area contributed by atoms with E-state index in [4.69, 9.17) is 5.73 Å². The molecule has 1 aromatic carbocycles. The first-order valence-corrected chi connectivity index (χ1v) is 6.98. The normalized spacial score (nSPS) is 11.0. The van der Waals surface area contributed by atoms with Crippen LogP contribution in [0.2, 0.25) is 0 Å². The molecule has 0 aliphatic carbocycles. The molecule has 0 aliphatic heterocycles. The molecule has 2 N–H and O–H groups in total. The summed E-state index contributed by atoms with van der Waals surface area (Å²) in [5.41, 5.74) is 8.79. The highest BCUT2D eigenvalue weighted by Crippen LogP contribution is 2.25. The van der Waals surface area contributed by atoms with Gasteiger partial charge in [-0.15, -0.1) is 11.8 Å². The molecule has 0 atom stereocenters. The maximum Gasteiger partial charge on any atom is 0.233 e. The molecule has 0 saturated carbocycles. The number of aryl methyl sites for hydroxylation is 1. The van der Waals surface area contributed by atoms with Crippen LogP contribution in [0.5, 0.6) is 0 Å². The first-order chi connectivity index (χ1) is 9.22. The Morgan fingerprint density at radius 1 is 1.37 bits per heavy atom. The van der Waals surface area contributed by atoms with Crippen LogP contribution in [0, 0.1) is 6.92 Å². The Morgan fingerprint density at radius 2 is 2.26 bits per heavy atom. The quantitative estimate of drug-likeness (QED) is 0.587. The minimum atomic E-state index is 0.742. The SMILES string of the molecule is Cc1cc(SCc2cn3cccnc3n2)ccc1N. The Hall–Kier alpha value is -2.01. The Kier molecular flexibility index (Phi) is 3.13. The molecule has 19 heavy (non-hydrogen) atoms. The van der Waals surface area contributed by atoms with Gasteiger partial charge in [0.1, 0.15) is 0 Å². The van der Waals surface area contributed by atoms with Crippen molar-refractivity contribution in [3.8, 4) is 0 Å². The number of nitrogens with zero attached hydrogens (tertiary/aromatic N) is 3. The Morgan fingerprint density at radius 3 is 3.05 bits per heavy atom. The fourth-order valence-electron chi connectivity index (χ4n) is 1.84. The van der Waals surface area contributed by atoms with Crippen molar-refractivity contribution in [1.29, 1.82) is 0 Å². The number of fused-ring (bicyclic) bond motifs is 1. The van der Waals surface area contributed by atoms with Crippen molar-refractivity contribution < 1.29 is 0 Å². The van der Waals surface area contributed by atoms with Crippen molar-refractivity contribution in [3.05, 3.63) is 54.1 Å². The maximum absolute atomic E-state index is 5.81. The summed E-state index contributed by atoms with van der Waals surface area (Å²) < 4.78 is 1.93. The topological polar surface area (TPSA) is 56.2 Å². The van der Waals surface area contributed by atoms with E-state index in [9.17, 15) is 0 Å². The van der Waals surface area contributed by atoms with Crippen LogP contribution < -0.4 is 5.73 Å². The van der Waals surface area contributed by atoms with Crippen LogP contribution in [0.15, 0.2) is 47.8 Å². The predicted molar refractivity (Wildman–Crippen MR) is 78.1 cm³/mol. The zero-order valence-electron chi connectivity index (χ0n) is 10.6. The van der Waals surface area contributed by atoms with Gasteiger partial charge in [-0.1, -0.05) is 0 Å². The lowest BCUT2D eigenvalue weighted by atomic mass is 10.2. The molecule has 2 heterocycles. The molecule has 0 fully saturated rings. The summed E-state index contributed by atoms with van der Waals surface area (Å²) in [5, 5.41) is 0. The van der Waals surface area contributed by atoms with E-state index in [1.807, 2.05) is 41.9 Å². The Labute approximate surface area is 115 Å². The summed E-state index contributed by atoms with van der Waals surface area (Å²) in [6.07, 6.45) is 5.72. The molecule has 3 aromatic rings. The number of benzene rings is 1. The molecular formula is C14H14N4S. The summed E-state index contributed by atoms with van der Waals surface area (Å²) >= 11 is 1.75. The molecule has 0 radical (unpaired) electrons. The highest BCUT2D eigenvalue weighted by Gasteiger charge is 2.03. The first kappa shape index (κ1) is 12.0. The summed E-state index contributed by atoms with van der Waals surface area (Å²) in [5.74, 6) is 1.57. The van der Waals surface area contributed by atoms with Gasteiger partial charge in [-0.2, -0.15) is 0 Å². The lowest BCUT2D eigenvalue weighted by molar-refractivity contribution is 1.11. The van der Waals surface area contributed by atoms with Crippen LogP contribution in [0.1, 0.15) is 11.3 Å². The number of anilines is 1. The molecule has 0 bridgehead atoms. The van der Waals surface area contributed by atoms with Gasteiger partial charge in [0.05, 0.1) is 5.69 Å². The number of nitrogens with two attached hydrogens (primary N) is 1. The molecule has 5 heteroatoms. The molecule has 2 aromatic heterocycles. The third-order valence-corrected chi connectivity index (χ3v) is 3.94. The van der Waals surface area contributed by atoms with E-state index in [1.54, 1.807) is 18.0 Å². The minimum absolute atomic E-state index is 0.742. The van der Waals surface area contributed by atoms with Crippen molar-refractivity contribution >= 4 is 23.2 Å². The van der Waals surface area contributed by atoms with Gasteiger partial charge in [0, 0.05) is 34.9 Å². The molecule has 4 nitrogen and oxygen atoms in total. The number of nitrogen functional groups attached to an aromatic ring is 1. The highest BCUT2D eigenvalue weighted by atomic mass is 32.2. The summed E-state index contributed by atoms with van der Waals surface area (Å²) in [6, 6.07) is 7.99. The van der Waals surface area contributed by atoms with Gasteiger partial charge in [0.15, 0.2) is 0 Å². The average Bonchev–Trinajstić information content (AvgIpc) is 2.83.